The van der Waals surface area contributed by atoms with Crippen LogP contribution in [0.3, 0.4) is 0 Å². The van der Waals surface area contributed by atoms with Gasteiger partial charge < -0.3 is 15.5 Å². The van der Waals surface area contributed by atoms with E-state index < -0.39 is 0 Å². The minimum absolute atomic E-state index is 0.597. The summed E-state index contributed by atoms with van der Waals surface area (Å²) >= 11 is 0. The van der Waals surface area contributed by atoms with E-state index in [0.29, 0.717) is 6.54 Å². The molecule has 0 aliphatic carbocycles. The Morgan fingerprint density at radius 3 is 2.70 bits per heavy atom. The lowest BCUT2D eigenvalue weighted by Gasteiger charge is -2.19. The molecule has 0 unspecified atom stereocenters. The number of para-hydroxylation sites is 1. The van der Waals surface area contributed by atoms with Crippen LogP contribution in [-0.2, 0) is 13.6 Å². The number of benzene rings is 1. The minimum atomic E-state index is 0.597. The number of nitrogens with zero attached hydrogens (tertiary/aromatic N) is 5. The van der Waals surface area contributed by atoms with E-state index in [4.69, 9.17) is 0 Å². The second-order valence-electron chi connectivity index (χ2n) is 5.26. The van der Waals surface area contributed by atoms with Crippen LogP contribution in [0.5, 0.6) is 0 Å². The van der Waals surface area contributed by atoms with Gasteiger partial charge in [0.1, 0.15) is 12.2 Å². The van der Waals surface area contributed by atoms with Gasteiger partial charge in [-0.1, -0.05) is 18.2 Å². The first-order valence-corrected chi connectivity index (χ1v) is 7.74. The number of aryl methyl sites for hydroxylation is 1. The van der Waals surface area contributed by atoms with Crippen LogP contribution in [0.25, 0.3) is 0 Å². The fraction of sp³-hybridized carbons (Fsp3) is 0.438. The molecule has 0 saturated carbocycles. The molecule has 2 N–H and O–H groups in total. The van der Waals surface area contributed by atoms with Gasteiger partial charge in [0, 0.05) is 39.9 Å². The highest BCUT2D eigenvalue weighted by Gasteiger charge is 2.03. The van der Waals surface area contributed by atoms with Crippen molar-refractivity contribution in [2.75, 3.05) is 32.1 Å². The smallest absolute Gasteiger partial charge is 0.191 e. The van der Waals surface area contributed by atoms with Crippen LogP contribution in [0.2, 0.25) is 0 Å². The average Bonchev–Trinajstić information content (AvgIpc) is 3.00. The molecule has 2 rings (SSSR count). The molecule has 7 heteroatoms. The van der Waals surface area contributed by atoms with Gasteiger partial charge >= 0.3 is 0 Å². The van der Waals surface area contributed by atoms with Crippen LogP contribution in [-0.4, -0.2) is 47.9 Å². The van der Waals surface area contributed by atoms with Gasteiger partial charge in [-0.15, -0.1) is 0 Å². The van der Waals surface area contributed by atoms with Crippen LogP contribution in [0.15, 0.2) is 41.7 Å². The van der Waals surface area contributed by atoms with E-state index in [0.717, 1.165) is 31.3 Å². The molecule has 0 spiro atoms. The lowest BCUT2D eigenvalue weighted by atomic mass is 10.3. The van der Waals surface area contributed by atoms with Crippen LogP contribution in [0.1, 0.15) is 12.2 Å². The van der Waals surface area contributed by atoms with Gasteiger partial charge in [0.05, 0.1) is 6.54 Å². The monoisotopic (exact) mass is 315 g/mol. The Bertz CT molecular complexity index is 606. The largest absolute Gasteiger partial charge is 0.375 e. The maximum Gasteiger partial charge on any atom is 0.191 e. The van der Waals surface area contributed by atoms with Crippen molar-refractivity contribution in [3.8, 4) is 0 Å². The van der Waals surface area contributed by atoms with Crippen molar-refractivity contribution in [1.82, 2.24) is 25.4 Å². The number of guanidine groups is 1. The summed E-state index contributed by atoms with van der Waals surface area (Å²) in [6.07, 6.45) is 2.57. The van der Waals surface area contributed by atoms with Crippen molar-refractivity contribution in [2.24, 2.45) is 12.0 Å². The Balaban J connectivity index is 1.67. The third kappa shape index (κ3) is 5.28. The Morgan fingerprint density at radius 2 is 2.04 bits per heavy atom. The van der Waals surface area contributed by atoms with E-state index in [1.807, 2.05) is 13.1 Å². The third-order valence-corrected chi connectivity index (χ3v) is 3.60. The number of rotatable bonds is 7. The molecule has 0 fully saturated rings. The predicted octanol–water partition coefficient (Wildman–Crippen LogP) is 1.01. The quantitative estimate of drug-likeness (QED) is 0.453. The van der Waals surface area contributed by atoms with Crippen molar-refractivity contribution >= 4 is 11.6 Å². The molecular formula is C16H25N7. The van der Waals surface area contributed by atoms with Crippen LogP contribution in [0.4, 0.5) is 5.69 Å². The Morgan fingerprint density at radius 1 is 1.26 bits per heavy atom. The van der Waals surface area contributed by atoms with Crippen molar-refractivity contribution in [3.05, 3.63) is 42.5 Å². The maximum absolute atomic E-state index is 4.22. The zero-order chi connectivity index (χ0) is 16.5. The molecular weight excluding hydrogens is 290 g/mol. The van der Waals surface area contributed by atoms with Crippen LogP contribution >= 0.6 is 0 Å². The lowest BCUT2D eigenvalue weighted by molar-refractivity contribution is 0.668. The first-order chi connectivity index (χ1) is 11.2. The summed E-state index contributed by atoms with van der Waals surface area (Å²) in [5, 5.41) is 10.6. The fourth-order valence-electron chi connectivity index (χ4n) is 2.20. The van der Waals surface area contributed by atoms with E-state index in [1.165, 1.54) is 5.69 Å². The first kappa shape index (κ1) is 16.8. The van der Waals surface area contributed by atoms with E-state index in [2.05, 4.69) is 61.9 Å². The van der Waals surface area contributed by atoms with E-state index >= 15 is 0 Å². The highest BCUT2D eigenvalue weighted by Crippen LogP contribution is 2.10. The summed E-state index contributed by atoms with van der Waals surface area (Å²) in [5.74, 6) is 1.65. The molecule has 23 heavy (non-hydrogen) atoms. The van der Waals surface area contributed by atoms with Gasteiger partial charge in [-0.25, -0.2) is 4.98 Å². The second kappa shape index (κ2) is 8.77. The van der Waals surface area contributed by atoms with Crippen molar-refractivity contribution in [2.45, 2.75) is 13.0 Å². The molecule has 0 saturated heterocycles. The lowest BCUT2D eigenvalue weighted by Crippen LogP contribution is -2.38. The highest BCUT2D eigenvalue weighted by molar-refractivity contribution is 5.79. The molecule has 0 atom stereocenters. The molecule has 124 valence electrons. The van der Waals surface area contributed by atoms with Gasteiger partial charge in [0.25, 0.3) is 0 Å². The summed E-state index contributed by atoms with van der Waals surface area (Å²) in [6, 6.07) is 10.4. The van der Waals surface area contributed by atoms with Crippen molar-refractivity contribution in [1.29, 1.82) is 0 Å². The van der Waals surface area contributed by atoms with Gasteiger partial charge in [0.15, 0.2) is 5.96 Å². The molecule has 0 aliphatic heterocycles. The Hall–Kier alpha value is -2.57. The summed E-state index contributed by atoms with van der Waals surface area (Å²) in [5.41, 5.74) is 1.23. The number of aromatic nitrogens is 3. The molecule has 0 bridgehead atoms. The van der Waals surface area contributed by atoms with Crippen molar-refractivity contribution < 1.29 is 0 Å². The highest BCUT2D eigenvalue weighted by atomic mass is 15.3. The van der Waals surface area contributed by atoms with E-state index in [9.17, 15) is 0 Å². The summed E-state index contributed by atoms with van der Waals surface area (Å²) in [4.78, 5) is 10.6. The number of hydrogen-bond donors (Lipinski definition) is 2. The fourth-order valence-corrected chi connectivity index (χ4v) is 2.20. The molecule has 0 radical (unpaired) electrons. The van der Waals surface area contributed by atoms with Gasteiger partial charge in [-0.2, -0.15) is 5.10 Å². The molecule has 1 heterocycles. The average molecular weight is 315 g/mol. The zero-order valence-electron chi connectivity index (χ0n) is 14.0. The topological polar surface area (TPSA) is 70.4 Å². The summed E-state index contributed by atoms with van der Waals surface area (Å²) < 4.78 is 1.75. The normalized spacial score (nSPS) is 11.3. The van der Waals surface area contributed by atoms with Gasteiger partial charge in [-0.05, 0) is 18.6 Å². The number of hydrogen-bond acceptors (Lipinski definition) is 4. The van der Waals surface area contributed by atoms with Gasteiger partial charge in [0.2, 0.25) is 0 Å². The number of anilines is 1. The third-order valence-electron chi connectivity index (χ3n) is 3.60. The molecule has 0 amide bonds. The zero-order valence-corrected chi connectivity index (χ0v) is 14.0. The molecule has 7 nitrogen and oxygen atoms in total. The first-order valence-electron chi connectivity index (χ1n) is 7.74. The summed E-state index contributed by atoms with van der Waals surface area (Å²) in [6.45, 7) is 2.44. The van der Waals surface area contributed by atoms with E-state index in [1.54, 1.807) is 18.1 Å². The number of nitrogens with one attached hydrogen (secondary N) is 2. The Labute approximate surface area is 137 Å². The Kier molecular flexibility index (Phi) is 6.40. The number of aliphatic imine (C=N–C) groups is 1. The SMILES string of the molecule is CN=C(NCCCN(C)c1ccccc1)NCc1ncnn1C. The minimum Gasteiger partial charge on any atom is -0.375 e. The standard InChI is InChI=1S/C16H25N7/c1-17-16(19-12-15-20-13-21-23(15)3)18-10-7-11-22(2)14-8-5-4-6-9-14/h4-6,8-9,13H,7,10-12H2,1-3H3,(H2,17,18,19). The maximum atomic E-state index is 4.22. The van der Waals surface area contributed by atoms with Crippen LogP contribution in [0, 0.1) is 0 Å². The van der Waals surface area contributed by atoms with Crippen molar-refractivity contribution in [3.63, 3.8) is 0 Å². The van der Waals surface area contributed by atoms with E-state index in [-0.39, 0.29) is 0 Å². The molecule has 1 aromatic carbocycles. The van der Waals surface area contributed by atoms with Crippen LogP contribution < -0.4 is 15.5 Å². The molecule has 1 aromatic heterocycles. The van der Waals surface area contributed by atoms with Gasteiger partial charge in [-0.3, -0.25) is 9.67 Å². The second-order valence-corrected chi connectivity index (χ2v) is 5.26. The molecule has 0 aliphatic rings. The molecule has 2 aromatic rings. The summed E-state index contributed by atoms with van der Waals surface area (Å²) in [7, 11) is 5.75. The predicted molar refractivity (Wildman–Crippen MR) is 93.5 cm³/mol.